The van der Waals surface area contributed by atoms with Crippen LogP contribution in [0.25, 0.3) is 0 Å². The summed E-state index contributed by atoms with van der Waals surface area (Å²) < 4.78 is 0. The van der Waals surface area contributed by atoms with Crippen LogP contribution in [0.5, 0.6) is 0 Å². The summed E-state index contributed by atoms with van der Waals surface area (Å²) in [7, 11) is 0. The van der Waals surface area contributed by atoms with Gasteiger partial charge in [0, 0.05) is 0 Å². The van der Waals surface area contributed by atoms with Gasteiger partial charge in [0.1, 0.15) is 0 Å². The summed E-state index contributed by atoms with van der Waals surface area (Å²) in [6, 6.07) is 0. The molecule has 0 bridgehead atoms. The topological polar surface area (TPSA) is 0 Å². The van der Waals surface area contributed by atoms with E-state index in [2.05, 4.69) is 20.3 Å². The van der Waals surface area contributed by atoms with E-state index >= 15 is 0 Å². The van der Waals surface area contributed by atoms with Gasteiger partial charge in [-0.2, -0.15) is 0 Å². The summed E-state index contributed by atoms with van der Waals surface area (Å²) in [5.41, 5.74) is 0. The Hall–Kier alpha value is 0. The molecular formula is C11H21. The van der Waals surface area contributed by atoms with Crippen molar-refractivity contribution in [3.63, 3.8) is 0 Å². The zero-order valence-corrected chi connectivity index (χ0v) is 7.97. The molecule has 2 atom stereocenters. The molecule has 0 heteroatoms. The van der Waals surface area contributed by atoms with Gasteiger partial charge in [0.2, 0.25) is 0 Å². The van der Waals surface area contributed by atoms with Gasteiger partial charge < -0.3 is 0 Å². The van der Waals surface area contributed by atoms with Crippen molar-refractivity contribution in [1.29, 1.82) is 0 Å². The predicted molar refractivity (Wildman–Crippen MR) is 50.3 cm³/mol. The van der Waals surface area contributed by atoms with E-state index in [1.807, 2.05) is 0 Å². The zero-order valence-electron chi connectivity index (χ0n) is 7.97. The van der Waals surface area contributed by atoms with Gasteiger partial charge >= 0.3 is 0 Å². The van der Waals surface area contributed by atoms with Gasteiger partial charge in [-0.1, -0.05) is 39.5 Å². The van der Waals surface area contributed by atoms with Crippen LogP contribution in [-0.4, -0.2) is 0 Å². The normalized spacial score (nSPS) is 24.5. The third-order valence-corrected chi connectivity index (χ3v) is 3.17. The highest BCUT2D eigenvalue weighted by Gasteiger charge is 2.16. The number of rotatable bonds is 2. The highest BCUT2D eigenvalue weighted by atomic mass is 14.2. The van der Waals surface area contributed by atoms with Gasteiger partial charge in [-0.3, -0.25) is 0 Å². The minimum Gasteiger partial charge on any atom is -0.0651 e. The second-order valence-corrected chi connectivity index (χ2v) is 3.94. The van der Waals surface area contributed by atoms with Gasteiger partial charge in [0.25, 0.3) is 0 Å². The van der Waals surface area contributed by atoms with E-state index in [4.69, 9.17) is 0 Å². The van der Waals surface area contributed by atoms with Crippen molar-refractivity contribution in [2.75, 3.05) is 0 Å². The Morgan fingerprint density at radius 2 is 2.18 bits per heavy atom. The molecule has 2 unspecified atom stereocenters. The lowest BCUT2D eigenvalue weighted by molar-refractivity contribution is 0.313. The summed E-state index contributed by atoms with van der Waals surface area (Å²) in [6.45, 7) is 4.73. The molecule has 11 heavy (non-hydrogen) atoms. The SMILES string of the molecule is CCC(C)C1CC[CH]CCC1. The van der Waals surface area contributed by atoms with E-state index in [1.165, 1.54) is 38.5 Å². The van der Waals surface area contributed by atoms with E-state index in [1.54, 1.807) is 0 Å². The quantitative estimate of drug-likeness (QED) is 0.529. The van der Waals surface area contributed by atoms with E-state index < -0.39 is 0 Å². The third kappa shape index (κ3) is 2.84. The van der Waals surface area contributed by atoms with Gasteiger partial charge in [-0.05, 0) is 31.1 Å². The average Bonchev–Trinajstić information content (AvgIpc) is 2.30. The Balaban J connectivity index is 2.30. The van der Waals surface area contributed by atoms with Crippen molar-refractivity contribution in [2.24, 2.45) is 11.8 Å². The predicted octanol–water partition coefficient (Wildman–Crippen LogP) is 3.82. The maximum atomic E-state index is 2.47. The van der Waals surface area contributed by atoms with Crippen LogP contribution in [0, 0.1) is 18.3 Å². The lowest BCUT2D eigenvalue weighted by atomic mass is 9.86. The standard InChI is InChI=1S/C11H21/c1-3-10(2)11-8-6-4-5-7-9-11/h4,10-11H,3,5-9H2,1-2H3. The Morgan fingerprint density at radius 1 is 1.36 bits per heavy atom. The summed E-state index contributed by atoms with van der Waals surface area (Å²) in [5, 5.41) is 0. The molecule has 1 saturated carbocycles. The Labute approximate surface area is 71.4 Å². The lowest BCUT2D eigenvalue weighted by Gasteiger charge is -2.20. The van der Waals surface area contributed by atoms with E-state index in [-0.39, 0.29) is 0 Å². The molecule has 0 nitrogen and oxygen atoms in total. The van der Waals surface area contributed by atoms with Gasteiger partial charge in [0.15, 0.2) is 0 Å². The molecule has 0 spiro atoms. The average molecular weight is 153 g/mol. The summed E-state index contributed by atoms with van der Waals surface area (Å²) >= 11 is 0. The molecule has 0 amide bonds. The van der Waals surface area contributed by atoms with Gasteiger partial charge in [-0.15, -0.1) is 0 Å². The van der Waals surface area contributed by atoms with E-state index in [0.29, 0.717) is 0 Å². The molecule has 0 aliphatic heterocycles. The Morgan fingerprint density at radius 3 is 2.91 bits per heavy atom. The molecule has 1 aliphatic rings. The van der Waals surface area contributed by atoms with Crippen LogP contribution in [0.3, 0.4) is 0 Å². The first kappa shape index (κ1) is 9.09. The molecular weight excluding hydrogens is 132 g/mol. The molecule has 1 aliphatic carbocycles. The molecule has 1 rings (SSSR count). The van der Waals surface area contributed by atoms with Crippen LogP contribution in [0.15, 0.2) is 0 Å². The van der Waals surface area contributed by atoms with E-state index in [0.717, 1.165) is 11.8 Å². The van der Waals surface area contributed by atoms with Crippen LogP contribution < -0.4 is 0 Å². The van der Waals surface area contributed by atoms with Crippen molar-refractivity contribution >= 4 is 0 Å². The van der Waals surface area contributed by atoms with Crippen molar-refractivity contribution in [2.45, 2.75) is 52.4 Å². The maximum Gasteiger partial charge on any atom is -0.0386 e. The van der Waals surface area contributed by atoms with Gasteiger partial charge in [0.05, 0.1) is 0 Å². The molecule has 0 N–H and O–H groups in total. The summed E-state index contributed by atoms with van der Waals surface area (Å²) in [6.07, 6.45) is 10.9. The lowest BCUT2D eigenvalue weighted by Crippen LogP contribution is -2.09. The summed E-state index contributed by atoms with van der Waals surface area (Å²) in [4.78, 5) is 0. The first-order valence-electron chi connectivity index (χ1n) is 5.16. The van der Waals surface area contributed by atoms with Crippen molar-refractivity contribution in [1.82, 2.24) is 0 Å². The maximum absolute atomic E-state index is 2.47. The highest BCUT2D eigenvalue weighted by Crippen LogP contribution is 2.29. The molecule has 1 fully saturated rings. The molecule has 0 aromatic carbocycles. The minimum atomic E-state index is 0.960. The molecule has 0 aromatic rings. The van der Waals surface area contributed by atoms with Crippen LogP contribution in [0.1, 0.15) is 52.4 Å². The first-order chi connectivity index (χ1) is 5.34. The highest BCUT2D eigenvalue weighted by molar-refractivity contribution is 4.76. The fourth-order valence-corrected chi connectivity index (χ4v) is 2.05. The van der Waals surface area contributed by atoms with Crippen LogP contribution >= 0.6 is 0 Å². The number of hydrogen-bond acceptors (Lipinski definition) is 0. The molecule has 0 heterocycles. The second kappa shape index (κ2) is 4.79. The zero-order chi connectivity index (χ0) is 8.10. The minimum absolute atomic E-state index is 0.960. The van der Waals surface area contributed by atoms with Crippen LogP contribution in [0.2, 0.25) is 0 Å². The number of hydrogen-bond donors (Lipinski definition) is 0. The fourth-order valence-electron chi connectivity index (χ4n) is 2.05. The second-order valence-electron chi connectivity index (χ2n) is 3.94. The molecule has 0 saturated heterocycles. The molecule has 0 aromatic heterocycles. The van der Waals surface area contributed by atoms with Crippen molar-refractivity contribution in [3.8, 4) is 0 Å². The largest absolute Gasteiger partial charge is 0.0651 e. The Kier molecular flexibility index (Phi) is 3.96. The first-order valence-corrected chi connectivity index (χ1v) is 5.16. The van der Waals surface area contributed by atoms with Crippen LogP contribution in [0.4, 0.5) is 0 Å². The smallest absolute Gasteiger partial charge is 0.0386 e. The third-order valence-electron chi connectivity index (χ3n) is 3.17. The van der Waals surface area contributed by atoms with E-state index in [9.17, 15) is 0 Å². The monoisotopic (exact) mass is 153 g/mol. The fraction of sp³-hybridized carbons (Fsp3) is 0.909. The molecule has 1 radical (unpaired) electrons. The van der Waals surface area contributed by atoms with Gasteiger partial charge in [-0.25, -0.2) is 0 Å². The Bertz CT molecular complexity index is 88.2. The van der Waals surface area contributed by atoms with Crippen molar-refractivity contribution in [3.05, 3.63) is 6.42 Å². The molecule has 65 valence electrons. The summed E-state index contributed by atoms with van der Waals surface area (Å²) in [5.74, 6) is 1.99. The van der Waals surface area contributed by atoms with Crippen molar-refractivity contribution < 1.29 is 0 Å². The van der Waals surface area contributed by atoms with Crippen LogP contribution in [-0.2, 0) is 0 Å².